The normalized spacial score (nSPS) is 20.1. The first-order valence-electron chi connectivity index (χ1n) is 7.93. The average Bonchev–Trinajstić information content (AvgIpc) is 3.37. The van der Waals surface area contributed by atoms with Crippen molar-refractivity contribution < 1.29 is 14.7 Å². The highest BCUT2D eigenvalue weighted by Gasteiger charge is 2.35. The molecule has 2 heterocycles. The molecule has 23 heavy (non-hydrogen) atoms. The van der Waals surface area contributed by atoms with Crippen molar-refractivity contribution in [1.29, 1.82) is 0 Å². The zero-order chi connectivity index (χ0) is 16.4. The lowest BCUT2D eigenvalue weighted by Gasteiger charge is -2.32. The van der Waals surface area contributed by atoms with Gasteiger partial charge in [-0.1, -0.05) is 0 Å². The number of rotatable bonds is 4. The third kappa shape index (κ3) is 4.02. The first kappa shape index (κ1) is 16.2. The fraction of sp³-hybridized carbons (Fsp3) is 0.562. The van der Waals surface area contributed by atoms with Crippen molar-refractivity contribution in [2.24, 2.45) is 11.8 Å². The maximum Gasteiger partial charge on any atom is 0.317 e. The van der Waals surface area contributed by atoms with Crippen molar-refractivity contribution in [2.45, 2.75) is 31.7 Å². The van der Waals surface area contributed by atoms with Gasteiger partial charge in [0.2, 0.25) is 0 Å². The second kappa shape index (κ2) is 6.86. The Labute approximate surface area is 143 Å². The number of urea groups is 1. The molecule has 1 atom stereocenters. The number of pyridine rings is 1. The number of nitrogens with one attached hydrogen (secondary N) is 1. The van der Waals surface area contributed by atoms with Gasteiger partial charge in [0.1, 0.15) is 0 Å². The van der Waals surface area contributed by atoms with E-state index >= 15 is 0 Å². The van der Waals surface area contributed by atoms with Gasteiger partial charge < -0.3 is 15.3 Å². The van der Waals surface area contributed by atoms with Crippen molar-refractivity contribution >= 4 is 27.9 Å². The summed E-state index contributed by atoms with van der Waals surface area (Å²) in [4.78, 5) is 29.4. The van der Waals surface area contributed by atoms with Crippen LogP contribution in [0, 0.1) is 11.8 Å². The molecule has 0 radical (unpaired) electrons. The van der Waals surface area contributed by atoms with Crippen LogP contribution in [0.4, 0.5) is 4.79 Å². The predicted molar refractivity (Wildman–Crippen MR) is 87.9 cm³/mol. The summed E-state index contributed by atoms with van der Waals surface area (Å²) in [5.74, 6) is -0.625. The van der Waals surface area contributed by atoms with E-state index < -0.39 is 5.97 Å². The van der Waals surface area contributed by atoms with Crippen LogP contribution >= 0.6 is 15.9 Å². The molecular weight excluding hydrogens is 362 g/mol. The van der Waals surface area contributed by atoms with E-state index in [-0.39, 0.29) is 18.0 Å². The molecule has 7 heteroatoms. The van der Waals surface area contributed by atoms with Gasteiger partial charge in [-0.2, -0.15) is 0 Å². The summed E-state index contributed by atoms with van der Waals surface area (Å²) in [7, 11) is 0. The van der Waals surface area contributed by atoms with Crippen LogP contribution in [0.25, 0.3) is 0 Å². The third-order valence-corrected chi connectivity index (χ3v) is 5.02. The first-order chi connectivity index (χ1) is 11.0. The molecule has 2 aliphatic rings. The Bertz CT molecular complexity index is 598. The van der Waals surface area contributed by atoms with E-state index in [2.05, 4.69) is 26.2 Å². The van der Waals surface area contributed by atoms with E-state index in [1.165, 1.54) is 0 Å². The average molecular weight is 382 g/mol. The minimum absolute atomic E-state index is 0.0234. The topological polar surface area (TPSA) is 82.5 Å². The molecule has 1 aromatic rings. The first-order valence-corrected chi connectivity index (χ1v) is 8.72. The molecule has 124 valence electrons. The van der Waals surface area contributed by atoms with Gasteiger partial charge in [0.05, 0.1) is 12.0 Å². The van der Waals surface area contributed by atoms with Gasteiger partial charge in [0.15, 0.2) is 0 Å². The van der Waals surface area contributed by atoms with Gasteiger partial charge in [-0.15, -0.1) is 0 Å². The summed E-state index contributed by atoms with van der Waals surface area (Å²) in [5.41, 5.74) is 1.01. The number of carbonyl (C=O) groups is 2. The molecule has 2 fully saturated rings. The Morgan fingerprint density at radius 3 is 2.52 bits per heavy atom. The van der Waals surface area contributed by atoms with Crippen molar-refractivity contribution in [2.75, 3.05) is 13.1 Å². The number of piperidine rings is 1. The molecule has 1 aliphatic heterocycles. The van der Waals surface area contributed by atoms with Crippen molar-refractivity contribution in [3.05, 3.63) is 28.5 Å². The van der Waals surface area contributed by atoms with E-state index in [0.717, 1.165) is 22.9 Å². The summed E-state index contributed by atoms with van der Waals surface area (Å²) in [6.07, 6.45) is 6.79. The number of aliphatic carboxylic acids is 1. The highest BCUT2D eigenvalue weighted by atomic mass is 79.9. The summed E-state index contributed by atoms with van der Waals surface area (Å²) in [5, 5.41) is 12.1. The van der Waals surface area contributed by atoms with Crippen LogP contribution in [0.3, 0.4) is 0 Å². The number of nitrogens with zero attached hydrogens (tertiary/aromatic N) is 2. The van der Waals surface area contributed by atoms with Gasteiger partial charge >= 0.3 is 12.0 Å². The minimum Gasteiger partial charge on any atom is -0.481 e. The lowest BCUT2D eigenvalue weighted by molar-refractivity contribution is -0.143. The number of hydrogen-bond donors (Lipinski definition) is 2. The molecular formula is C16H20BrN3O3. The van der Waals surface area contributed by atoms with Gasteiger partial charge in [-0.3, -0.25) is 9.78 Å². The van der Waals surface area contributed by atoms with Gasteiger partial charge in [-0.05, 0) is 59.2 Å². The minimum atomic E-state index is -0.763. The van der Waals surface area contributed by atoms with E-state index in [1.807, 2.05) is 6.07 Å². The zero-order valence-corrected chi connectivity index (χ0v) is 14.3. The third-order valence-electron chi connectivity index (χ3n) is 4.59. The fourth-order valence-electron chi connectivity index (χ4n) is 3.06. The van der Waals surface area contributed by atoms with E-state index in [9.17, 15) is 9.59 Å². The van der Waals surface area contributed by atoms with Crippen LogP contribution in [0.15, 0.2) is 22.9 Å². The second-order valence-electron chi connectivity index (χ2n) is 6.30. The number of aromatic nitrogens is 1. The maximum atomic E-state index is 12.5. The lowest BCUT2D eigenvalue weighted by atomic mass is 9.97. The summed E-state index contributed by atoms with van der Waals surface area (Å²) < 4.78 is 0.900. The number of hydrogen-bond acceptors (Lipinski definition) is 3. The molecule has 0 aromatic carbocycles. The molecule has 0 spiro atoms. The van der Waals surface area contributed by atoms with Crippen molar-refractivity contribution in [3.63, 3.8) is 0 Å². The van der Waals surface area contributed by atoms with Crippen LogP contribution in [0.2, 0.25) is 0 Å². The monoisotopic (exact) mass is 381 g/mol. The summed E-state index contributed by atoms with van der Waals surface area (Å²) in [6.45, 7) is 0.994. The largest absolute Gasteiger partial charge is 0.481 e. The second-order valence-corrected chi connectivity index (χ2v) is 7.22. The molecule has 0 bridgehead atoms. The van der Waals surface area contributed by atoms with Crippen LogP contribution in [-0.4, -0.2) is 40.1 Å². The Kier molecular flexibility index (Phi) is 4.84. The Hall–Kier alpha value is -1.63. The van der Waals surface area contributed by atoms with Crippen molar-refractivity contribution in [3.8, 4) is 0 Å². The van der Waals surface area contributed by atoms with Gasteiger partial charge in [-0.25, -0.2) is 4.79 Å². The van der Waals surface area contributed by atoms with E-state index in [0.29, 0.717) is 31.8 Å². The van der Waals surface area contributed by atoms with Crippen LogP contribution in [0.1, 0.15) is 37.3 Å². The SMILES string of the molecule is O=C(O)C1CCN(C(=O)NC(c2cncc(Br)c2)C2CC2)CC1. The predicted octanol–water partition coefficient (Wildman–Crippen LogP) is 2.80. The summed E-state index contributed by atoms with van der Waals surface area (Å²) >= 11 is 3.42. The molecule has 1 saturated heterocycles. The molecule has 1 saturated carbocycles. The molecule has 2 N–H and O–H groups in total. The smallest absolute Gasteiger partial charge is 0.317 e. The Morgan fingerprint density at radius 1 is 1.26 bits per heavy atom. The molecule has 3 rings (SSSR count). The number of carboxylic acids is 1. The standard InChI is InChI=1S/C16H20BrN3O3/c17-13-7-12(8-18-9-13)14(10-1-2-10)19-16(23)20-5-3-11(4-6-20)15(21)22/h7-11,14H,1-6H2,(H,19,23)(H,21,22). The highest BCUT2D eigenvalue weighted by Crippen LogP contribution is 2.41. The van der Waals surface area contributed by atoms with E-state index in [1.54, 1.807) is 17.3 Å². The highest BCUT2D eigenvalue weighted by molar-refractivity contribution is 9.10. The number of carbonyl (C=O) groups excluding carboxylic acids is 1. The number of likely N-dealkylation sites (tertiary alicyclic amines) is 1. The Morgan fingerprint density at radius 2 is 1.96 bits per heavy atom. The zero-order valence-electron chi connectivity index (χ0n) is 12.7. The van der Waals surface area contributed by atoms with Crippen LogP contribution in [-0.2, 0) is 4.79 Å². The molecule has 1 aromatic heterocycles. The fourth-order valence-corrected chi connectivity index (χ4v) is 3.44. The quantitative estimate of drug-likeness (QED) is 0.839. The van der Waals surface area contributed by atoms with E-state index in [4.69, 9.17) is 5.11 Å². The van der Waals surface area contributed by atoms with Gasteiger partial charge in [0, 0.05) is 30.0 Å². The van der Waals surface area contributed by atoms with Crippen molar-refractivity contribution in [1.82, 2.24) is 15.2 Å². The Balaban J connectivity index is 1.62. The number of carboxylic acid groups (broad SMARTS) is 1. The molecule has 1 aliphatic carbocycles. The number of amides is 2. The molecule has 6 nitrogen and oxygen atoms in total. The van der Waals surface area contributed by atoms with Crippen LogP contribution in [0.5, 0.6) is 0 Å². The maximum absolute atomic E-state index is 12.5. The summed E-state index contributed by atoms with van der Waals surface area (Å²) in [6, 6.07) is 1.86. The molecule has 1 unspecified atom stereocenters. The lowest BCUT2D eigenvalue weighted by Crippen LogP contribution is -2.46. The molecule has 2 amide bonds. The number of halogens is 1. The van der Waals surface area contributed by atoms with Gasteiger partial charge in [0.25, 0.3) is 0 Å². The van der Waals surface area contributed by atoms with Crippen LogP contribution < -0.4 is 5.32 Å².